The van der Waals surface area contributed by atoms with Gasteiger partial charge in [-0.05, 0) is 60.7 Å². The fraction of sp³-hybridized carbons (Fsp3) is 0.382. The zero-order chi connectivity index (χ0) is 34.0. The number of hydrogen-bond acceptors (Lipinski definition) is 6. The van der Waals surface area contributed by atoms with E-state index in [1.807, 2.05) is 20.8 Å². The van der Waals surface area contributed by atoms with E-state index < -0.39 is 58.3 Å². The molecule has 0 spiro atoms. The van der Waals surface area contributed by atoms with Crippen LogP contribution in [0.2, 0.25) is 10.0 Å². The van der Waals surface area contributed by atoms with Crippen LogP contribution in [0.15, 0.2) is 54.6 Å². The van der Waals surface area contributed by atoms with E-state index in [2.05, 4.69) is 22.0 Å². The second-order valence-corrected chi connectivity index (χ2v) is 13.5. The molecular formula is C34H36Cl2F2N4O4. The second kappa shape index (κ2) is 13.9. The van der Waals surface area contributed by atoms with E-state index in [9.17, 15) is 20.0 Å². The highest BCUT2D eigenvalue weighted by Gasteiger charge is 2.61. The molecule has 5 atom stereocenters. The molecule has 8 nitrogen and oxygen atoms in total. The Labute approximate surface area is 277 Å². The number of methoxy groups -OCH3 is 1. The van der Waals surface area contributed by atoms with Crippen LogP contribution in [0.5, 0.6) is 5.75 Å². The summed E-state index contributed by atoms with van der Waals surface area (Å²) < 4.78 is 37.2. The maximum absolute atomic E-state index is 15.9. The molecule has 0 aromatic heterocycles. The van der Waals surface area contributed by atoms with Crippen LogP contribution in [0.4, 0.5) is 14.5 Å². The number of carbonyl (C=O) groups is 2. The highest BCUT2D eigenvalue weighted by molar-refractivity contribution is 6.31. The number of hydrogen-bond donors (Lipinski definition) is 4. The van der Waals surface area contributed by atoms with Crippen LogP contribution in [0.25, 0.3) is 0 Å². The van der Waals surface area contributed by atoms with Crippen molar-refractivity contribution in [1.29, 1.82) is 5.26 Å². The number of rotatable bonds is 9. The average Bonchev–Trinajstić information content (AvgIpc) is 3.31. The first-order chi connectivity index (χ1) is 21.7. The van der Waals surface area contributed by atoms with E-state index in [4.69, 9.17) is 27.9 Å². The van der Waals surface area contributed by atoms with Crippen molar-refractivity contribution >= 4 is 40.7 Å². The maximum Gasteiger partial charge on any atom is 0.251 e. The summed E-state index contributed by atoms with van der Waals surface area (Å²) in [6.45, 7) is 7.23. The molecule has 0 aliphatic carbocycles. The zero-order valence-corrected chi connectivity index (χ0v) is 27.6. The lowest BCUT2D eigenvalue weighted by molar-refractivity contribution is -0.118. The van der Waals surface area contributed by atoms with Crippen molar-refractivity contribution in [3.8, 4) is 11.8 Å². The van der Waals surface area contributed by atoms with E-state index >= 15 is 8.78 Å². The topological polar surface area (TPSA) is 123 Å². The monoisotopic (exact) mass is 672 g/mol. The van der Waals surface area contributed by atoms with Gasteiger partial charge >= 0.3 is 0 Å². The van der Waals surface area contributed by atoms with E-state index in [1.165, 1.54) is 55.6 Å². The van der Waals surface area contributed by atoms with Gasteiger partial charge in [0.2, 0.25) is 5.91 Å². The molecule has 5 unspecified atom stereocenters. The zero-order valence-electron chi connectivity index (χ0n) is 26.1. The molecule has 244 valence electrons. The molecule has 2 amide bonds. The van der Waals surface area contributed by atoms with Crippen LogP contribution in [0.1, 0.15) is 61.5 Å². The minimum Gasteiger partial charge on any atom is -0.495 e. The molecule has 4 rings (SSSR count). The molecule has 3 aromatic rings. The standard InChI is InChI=1S/C34H36Cl2F2N4O4/c1-18(16-43)40-31(44)19-9-12-25(26(13-19)46-5)41-32(45)30-28(21-7-6-8-23(36)29(21)38)34(17-39,27(42-30)15-33(2,3)4)22-11-10-20(35)14-24(22)37/h6-14,18,27-28,30,42-43H,15-16H2,1-5H3,(H,40,44)(H,41,45). The van der Waals surface area contributed by atoms with E-state index in [-0.39, 0.29) is 44.8 Å². The number of amides is 2. The van der Waals surface area contributed by atoms with Crippen molar-refractivity contribution in [2.45, 2.75) is 63.6 Å². The number of nitrogens with one attached hydrogen (secondary N) is 3. The Morgan fingerprint density at radius 3 is 2.48 bits per heavy atom. The molecule has 0 radical (unpaired) electrons. The van der Waals surface area contributed by atoms with Gasteiger partial charge in [0, 0.05) is 34.2 Å². The van der Waals surface area contributed by atoms with Crippen LogP contribution < -0.4 is 20.7 Å². The van der Waals surface area contributed by atoms with Crippen molar-refractivity contribution in [1.82, 2.24) is 10.6 Å². The van der Waals surface area contributed by atoms with Gasteiger partial charge in [-0.25, -0.2) is 8.78 Å². The van der Waals surface area contributed by atoms with Gasteiger partial charge in [-0.15, -0.1) is 0 Å². The van der Waals surface area contributed by atoms with Gasteiger partial charge in [0.25, 0.3) is 5.91 Å². The lowest BCUT2D eigenvalue weighted by Crippen LogP contribution is -2.45. The van der Waals surface area contributed by atoms with E-state index in [1.54, 1.807) is 6.92 Å². The van der Waals surface area contributed by atoms with Crippen LogP contribution in [-0.2, 0) is 10.2 Å². The lowest BCUT2D eigenvalue weighted by Gasteiger charge is -2.37. The van der Waals surface area contributed by atoms with E-state index in [0.29, 0.717) is 6.42 Å². The second-order valence-electron chi connectivity index (χ2n) is 12.6. The number of aliphatic hydroxyl groups excluding tert-OH is 1. The summed E-state index contributed by atoms with van der Waals surface area (Å²) in [4.78, 5) is 26.9. The van der Waals surface area contributed by atoms with Crippen LogP contribution in [0.3, 0.4) is 0 Å². The molecule has 0 saturated carbocycles. The van der Waals surface area contributed by atoms with Crippen LogP contribution in [-0.4, -0.2) is 48.8 Å². The molecular weight excluding hydrogens is 637 g/mol. The first kappa shape index (κ1) is 35.1. The molecule has 1 aliphatic heterocycles. The number of benzene rings is 3. The van der Waals surface area contributed by atoms with Gasteiger partial charge in [0.15, 0.2) is 0 Å². The van der Waals surface area contributed by atoms with Crippen molar-refractivity contribution in [2.75, 3.05) is 19.0 Å². The first-order valence-electron chi connectivity index (χ1n) is 14.6. The number of halogens is 4. The third-order valence-electron chi connectivity index (χ3n) is 8.10. The molecule has 4 N–H and O–H groups in total. The average molecular weight is 674 g/mol. The van der Waals surface area contributed by atoms with Crippen molar-refractivity contribution < 1.29 is 28.2 Å². The number of nitrogens with zero attached hydrogens (tertiary/aromatic N) is 1. The minimum absolute atomic E-state index is 0.0362. The Morgan fingerprint density at radius 1 is 1.15 bits per heavy atom. The van der Waals surface area contributed by atoms with Gasteiger partial charge in [0.1, 0.15) is 22.8 Å². The predicted molar refractivity (Wildman–Crippen MR) is 173 cm³/mol. The first-order valence-corrected chi connectivity index (χ1v) is 15.4. The van der Waals surface area contributed by atoms with Crippen molar-refractivity contribution in [2.24, 2.45) is 5.41 Å². The summed E-state index contributed by atoms with van der Waals surface area (Å²) >= 11 is 12.3. The molecule has 0 bridgehead atoms. The van der Waals surface area contributed by atoms with Gasteiger partial charge < -0.3 is 25.8 Å². The maximum atomic E-state index is 15.9. The third kappa shape index (κ3) is 6.98. The van der Waals surface area contributed by atoms with Crippen LogP contribution >= 0.6 is 23.2 Å². The fourth-order valence-corrected chi connectivity index (χ4v) is 6.40. The SMILES string of the molecule is COc1cc(C(=O)NC(C)CO)ccc1NC(=O)C1NC(CC(C)(C)C)C(C#N)(c2ccc(Cl)cc2F)C1c1cccc(Cl)c1F. The summed E-state index contributed by atoms with van der Waals surface area (Å²) in [6.07, 6.45) is 0.310. The Hall–Kier alpha value is -3.75. The minimum atomic E-state index is -1.79. The van der Waals surface area contributed by atoms with Crippen molar-refractivity contribution in [3.05, 3.63) is 93.0 Å². The highest BCUT2D eigenvalue weighted by atomic mass is 35.5. The number of nitriles is 1. The van der Waals surface area contributed by atoms with E-state index in [0.717, 1.165) is 6.07 Å². The van der Waals surface area contributed by atoms with Gasteiger partial charge in [-0.1, -0.05) is 62.2 Å². The normalized spacial score (nSPS) is 21.7. The molecule has 1 saturated heterocycles. The number of anilines is 1. The summed E-state index contributed by atoms with van der Waals surface area (Å²) in [5.41, 5.74) is -1.84. The highest BCUT2D eigenvalue weighted by Crippen LogP contribution is 2.53. The number of ether oxygens (including phenoxy) is 1. The summed E-state index contributed by atoms with van der Waals surface area (Å²) in [7, 11) is 1.37. The number of carbonyl (C=O) groups excluding carboxylic acids is 2. The Kier molecular flexibility index (Phi) is 10.6. The fourth-order valence-electron chi connectivity index (χ4n) is 6.06. The number of aliphatic hydroxyl groups is 1. The third-order valence-corrected chi connectivity index (χ3v) is 8.63. The molecule has 46 heavy (non-hydrogen) atoms. The van der Waals surface area contributed by atoms with Gasteiger partial charge in [-0.3, -0.25) is 9.59 Å². The summed E-state index contributed by atoms with van der Waals surface area (Å²) in [5.74, 6) is -3.81. The smallest absolute Gasteiger partial charge is 0.251 e. The lowest BCUT2D eigenvalue weighted by atomic mass is 9.62. The largest absolute Gasteiger partial charge is 0.495 e. The molecule has 12 heteroatoms. The molecule has 1 fully saturated rings. The predicted octanol–water partition coefficient (Wildman–Crippen LogP) is 6.35. The Morgan fingerprint density at radius 2 is 1.87 bits per heavy atom. The summed E-state index contributed by atoms with van der Waals surface area (Å²) in [6, 6.07) is 12.4. The van der Waals surface area contributed by atoms with Crippen LogP contribution in [0, 0.1) is 28.4 Å². The Bertz CT molecular complexity index is 1680. The molecule has 3 aromatic carbocycles. The Balaban J connectivity index is 1.87. The van der Waals surface area contributed by atoms with Gasteiger partial charge in [0.05, 0.1) is 36.5 Å². The van der Waals surface area contributed by atoms with Crippen molar-refractivity contribution in [3.63, 3.8) is 0 Å². The molecule has 1 aliphatic rings. The summed E-state index contributed by atoms with van der Waals surface area (Å²) in [5, 5.41) is 28.9. The quantitative estimate of drug-likeness (QED) is 0.210. The van der Waals surface area contributed by atoms with Gasteiger partial charge in [-0.2, -0.15) is 5.26 Å². The molecule has 1 heterocycles.